The van der Waals surface area contributed by atoms with Crippen LogP contribution in [0.2, 0.25) is 0 Å². The van der Waals surface area contributed by atoms with Crippen LogP contribution in [-0.2, 0) is 6.54 Å². The van der Waals surface area contributed by atoms with Crippen molar-refractivity contribution in [2.75, 3.05) is 30.8 Å². The number of hydrogen-bond acceptors (Lipinski definition) is 5. The third kappa shape index (κ3) is 3.39. The van der Waals surface area contributed by atoms with Crippen LogP contribution in [0.1, 0.15) is 24.8 Å². The Kier molecular flexibility index (Phi) is 5.08. The van der Waals surface area contributed by atoms with Gasteiger partial charge in [-0.15, -0.1) is 0 Å². The summed E-state index contributed by atoms with van der Waals surface area (Å²) in [6, 6.07) is 6.88. The first-order valence-electron chi connectivity index (χ1n) is 9.56. The van der Waals surface area contributed by atoms with E-state index in [1.807, 2.05) is 4.90 Å². The van der Waals surface area contributed by atoms with E-state index in [1.54, 1.807) is 12.1 Å². The molecule has 0 unspecified atom stereocenters. The Morgan fingerprint density at radius 1 is 1.10 bits per heavy atom. The molecule has 0 amide bonds. The number of nitrogens with zero attached hydrogens (tertiary/aromatic N) is 3. The molecule has 152 valence electrons. The molecule has 6 nitrogen and oxygen atoms in total. The Labute approximate surface area is 166 Å². The fourth-order valence-corrected chi connectivity index (χ4v) is 3.85. The first kappa shape index (κ1) is 19.2. The molecule has 4 rings (SSSR count). The maximum absolute atomic E-state index is 14.3. The van der Waals surface area contributed by atoms with E-state index in [4.69, 9.17) is 10.5 Å². The molecule has 1 aliphatic rings. The van der Waals surface area contributed by atoms with Gasteiger partial charge >= 0.3 is 0 Å². The average Bonchev–Trinajstić information content (AvgIpc) is 2.73. The number of piperidine rings is 1. The zero-order chi connectivity index (χ0) is 20.5. The van der Waals surface area contributed by atoms with Crippen molar-refractivity contribution in [3.05, 3.63) is 57.9 Å². The Balaban J connectivity index is 1.98. The van der Waals surface area contributed by atoms with E-state index in [0.717, 1.165) is 19.3 Å². The molecule has 0 spiro atoms. The van der Waals surface area contributed by atoms with E-state index in [-0.39, 0.29) is 23.4 Å². The molecule has 1 aliphatic heterocycles. The smallest absolute Gasteiger partial charge is 0.277 e. The van der Waals surface area contributed by atoms with Crippen LogP contribution in [0, 0.1) is 11.6 Å². The van der Waals surface area contributed by atoms with Gasteiger partial charge in [0, 0.05) is 24.7 Å². The summed E-state index contributed by atoms with van der Waals surface area (Å²) in [7, 11) is 1.49. The van der Waals surface area contributed by atoms with Crippen molar-refractivity contribution in [1.29, 1.82) is 0 Å². The Hall–Kier alpha value is -3.16. The zero-order valence-electron chi connectivity index (χ0n) is 16.1. The van der Waals surface area contributed by atoms with Gasteiger partial charge in [-0.05, 0) is 37.5 Å². The van der Waals surface area contributed by atoms with Crippen LogP contribution in [-0.4, -0.2) is 29.8 Å². The first-order valence-corrected chi connectivity index (χ1v) is 9.56. The number of rotatable bonds is 4. The summed E-state index contributed by atoms with van der Waals surface area (Å²) in [6.07, 6.45) is 2.99. The number of nitrogen functional groups attached to an aromatic ring is 1. The lowest BCUT2D eigenvalue weighted by molar-refractivity contribution is 0.399. The summed E-state index contributed by atoms with van der Waals surface area (Å²) >= 11 is 0. The number of pyridine rings is 2. The van der Waals surface area contributed by atoms with Gasteiger partial charge in [-0.25, -0.2) is 13.8 Å². The maximum atomic E-state index is 14.3. The molecule has 29 heavy (non-hydrogen) atoms. The molecular formula is C21H22F2N4O2. The van der Waals surface area contributed by atoms with E-state index < -0.39 is 11.6 Å². The number of benzene rings is 1. The molecule has 0 bridgehead atoms. The topological polar surface area (TPSA) is 73.4 Å². The molecule has 0 saturated carbocycles. The molecule has 3 heterocycles. The molecule has 3 aromatic rings. The zero-order valence-corrected chi connectivity index (χ0v) is 16.1. The third-order valence-corrected chi connectivity index (χ3v) is 5.36. The van der Waals surface area contributed by atoms with E-state index in [0.29, 0.717) is 35.7 Å². The fourth-order valence-electron chi connectivity index (χ4n) is 3.85. The number of ether oxygens (including phenoxy) is 1. The minimum Gasteiger partial charge on any atom is -0.481 e. The molecular weight excluding hydrogens is 378 g/mol. The van der Waals surface area contributed by atoms with Crippen LogP contribution >= 0.6 is 0 Å². The molecule has 1 saturated heterocycles. The summed E-state index contributed by atoms with van der Waals surface area (Å²) in [4.78, 5) is 19.8. The molecule has 2 aromatic heterocycles. The highest BCUT2D eigenvalue weighted by atomic mass is 19.1. The van der Waals surface area contributed by atoms with Crippen molar-refractivity contribution in [2.24, 2.45) is 0 Å². The van der Waals surface area contributed by atoms with E-state index in [9.17, 15) is 13.6 Å². The normalized spacial score (nSPS) is 14.4. The van der Waals surface area contributed by atoms with Crippen molar-refractivity contribution in [2.45, 2.75) is 25.8 Å². The van der Waals surface area contributed by atoms with Gasteiger partial charge in [-0.2, -0.15) is 0 Å². The molecule has 8 heteroatoms. The number of anilines is 2. The number of halogens is 2. The van der Waals surface area contributed by atoms with E-state index in [2.05, 4.69) is 4.98 Å². The quantitative estimate of drug-likeness (QED) is 0.728. The van der Waals surface area contributed by atoms with Gasteiger partial charge in [0.1, 0.15) is 22.8 Å². The maximum Gasteiger partial charge on any atom is 0.277 e. The number of hydrogen-bond donors (Lipinski definition) is 1. The second-order valence-electron chi connectivity index (χ2n) is 7.12. The lowest BCUT2D eigenvalue weighted by Crippen LogP contribution is -2.37. The molecule has 0 atom stereocenters. The van der Waals surface area contributed by atoms with Crippen LogP contribution in [0.15, 0.2) is 35.1 Å². The summed E-state index contributed by atoms with van der Waals surface area (Å²) in [6.45, 7) is 1.13. The standard InChI is InChI=1S/C21H22F2N4O2/c1-29-17-9-8-16-19(25-17)18(24)20(26-10-3-2-4-11-26)21(28)27(16)12-13-14(22)6-5-7-15(13)23/h5-9H,2-4,10-12,24H2,1H3. The van der Waals surface area contributed by atoms with Gasteiger partial charge in [0.05, 0.1) is 24.9 Å². The highest BCUT2D eigenvalue weighted by Gasteiger charge is 2.24. The van der Waals surface area contributed by atoms with Crippen LogP contribution in [0.4, 0.5) is 20.2 Å². The van der Waals surface area contributed by atoms with Crippen molar-refractivity contribution >= 4 is 22.4 Å². The summed E-state index contributed by atoms with van der Waals surface area (Å²) in [5.74, 6) is -1.07. The summed E-state index contributed by atoms with van der Waals surface area (Å²) in [5.41, 5.74) is 7.18. The Bertz CT molecular complexity index is 1100. The van der Waals surface area contributed by atoms with Gasteiger partial charge in [-0.3, -0.25) is 4.79 Å². The molecule has 1 fully saturated rings. The molecule has 1 aromatic carbocycles. The average molecular weight is 400 g/mol. The second kappa shape index (κ2) is 7.69. The van der Waals surface area contributed by atoms with Crippen LogP contribution in [0.25, 0.3) is 11.0 Å². The van der Waals surface area contributed by atoms with E-state index in [1.165, 1.54) is 29.9 Å². The number of fused-ring (bicyclic) bond motifs is 1. The lowest BCUT2D eigenvalue weighted by Gasteiger charge is -2.30. The summed E-state index contributed by atoms with van der Waals surface area (Å²) < 4.78 is 35.1. The van der Waals surface area contributed by atoms with Crippen LogP contribution < -0.4 is 20.9 Å². The van der Waals surface area contributed by atoms with Gasteiger partial charge in [0.25, 0.3) is 5.56 Å². The van der Waals surface area contributed by atoms with Gasteiger partial charge in [0.2, 0.25) is 5.88 Å². The monoisotopic (exact) mass is 400 g/mol. The second-order valence-corrected chi connectivity index (χ2v) is 7.12. The van der Waals surface area contributed by atoms with Gasteiger partial charge < -0.3 is 19.9 Å². The largest absolute Gasteiger partial charge is 0.481 e. The first-order chi connectivity index (χ1) is 14.0. The number of aromatic nitrogens is 2. The minimum absolute atomic E-state index is 0.180. The van der Waals surface area contributed by atoms with Crippen LogP contribution in [0.3, 0.4) is 0 Å². The van der Waals surface area contributed by atoms with Crippen molar-refractivity contribution in [1.82, 2.24) is 9.55 Å². The van der Waals surface area contributed by atoms with Crippen molar-refractivity contribution in [3.8, 4) is 5.88 Å². The molecule has 0 radical (unpaired) electrons. The van der Waals surface area contributed by atoms with Gasteiger partial charge in [0.15, 0.2) is 0 Å². The SMILES string of the molecule is COc1ccc2c(n1)c(N)c(N1CCCCC1)c(=O)n2Cc1c(F)cccc1F. The fraction of sp³-hybridized carbons (Fsp3) is 0.333. The number of methoxy groups -OCH3 is 1. The van der Waals surface area contributed by atoms with Crippen molar-refractivity contribution in [3.63, 3.8) is 0 Å². The number of nitrogens with two attached hydrogens (primary N) is 1. The predicted octanol–water partition coefficient (Wildman–Crippen LogP) is 3.30. The summed E-state index contributed by atoms with van der Waals surface area (Å²) in [5, 5.41) is 0. The highest BCUT2D eigenvalue weighted by Crippen LogP contribution is 2.30. The minimum atomic E-state index is -0.706. The Morgan fingerprint density at radius 2 is 1.79 bits per heavy atom. The lowest BCUT2D eigenvalue weighted by atomic mass is 10.1. The highest BCUT2D eigenvalue weighted by molar-refractivity contribution is 5.94. The van der Waals surface area contributed by atoms with Gasteiger partial charge in [-0.1, -0.05) is 6.07 Å². The predicted molar refractivity (Wildman–Crippen MR) is 108 cm³/mol. The van der Waals surface area contributed by atoms with Crippen molar-refractivity contribution < 1.29 is 13.5 Å². The Morgan fingerprint density at radius 3 is 2.45 bits per heavy atom. The van der Waals surface area contributed by atoms with E-state index >= 15 is 0 Å². The molecule has 2 N–H and O–H groups in total. The molecule has 0 aliphatic carbocycles. The third-order valence-electron chi connectivity index (χ3n) is 5.36. The van der Waals surface area contributed by atoms with Crippen LogP contribution in [0.5, 0.6) is 5.88 Å².